The van der Waals surface area contributed by atoms with Gasteiger partial charge in [0.1, 0.15) is 6.54 Å². The average molecular weight is 371 g/mol. The Hall–Kier alpha value is -3.19. The molecule has 0 radical (unpaired) electrons. The Morgan fingerprint density at radius 3 is 2.62 bits per heavy atom. The summed E-state index contributed by atoms with van der Waals surface area (Å²) in [6, 6.07) is 13.7. The van der Waals surface area contributed by atoms with Gasteiger partial charge >= 0.3 is 0 Å². The van der Waals surface area contributed by atoms with Gasteiger partial charge in [0.15, 0.2) is 5.69 Å². The number of azo groups is 1. The number of aromatic hydroxyl groups is 1. The molecule has 0 spiro atoms. The minimum absolute atomic E-state index is 0.0946. The first kappa shape index (κ1) is 17.6. The lowest BCUT2D eigenvalue weighted by molar-refractivity contribution is -0.117. The highest BCUT2D eigenvalue weighted by molar-refractivity contribution is 6.33. The minimum Gasteiger partial charge on any atom is -0.493 e. The lowest BCUT2D eigenvalue weighted by Gasteiger charge is -2.03. The number of halogens is 1. The molecular weight excluding hydrogens is 356 g/mol. The summed E-state index contributed by atoms with van der Waals surface area (Å²) in [5.74, 6) is -1.23. The van der Waals surface area contributed by atoms with Crippen molar-refractivity contribution >= 4 is 40.0 Å². The molecule has 0 unspecified atom stereocenters. The van der Waals surface area contributed by atoms with Crippen LogP contribution in [0.5, 0.6) is 5.88 Å². The van der Waals surface area contributed by atoms with E-state index in [9.17, 15) is 14.7 Å². The van der Waals surface area contributed by atoms with Gasteiger partial charge in [0.25, 0.3) is 11.8 Å². The zero-order valence-electron chi connectivity index (χ0n) is 13.8. The fourth-order valence-electron chi connectivity index (χ4n) is 2.50. The molecule has 0 saturated carbocycles. The summed E-state index contributed by atoms with van der Waals surface area (Å²) in [5.41, 5.74) is 1.23. The fraction of sp³-hybridized carbons (Fsp3) is 0.111. The van der Waals surface area contributed by atoms with E-state index in [4.69, 9.17) is 11.6 Å². The second-order valence-electron chi connectivity index (χ2n) is 5.50. The predicted molar refractivity (Wildman–Crippen MR) is 97.9 cm³/mol. The maximum absolute atomic E-state index is 12.0. The van der Waals surface area contributed by atoms with Crippen molar-refractivity contribution < 1.29 is 14.7 Å². The summed E-state index contributed by atoms with van der Waals surface area (Å²) in [5, 5.41) is 21.0. The van der Waals surface area contributed by atoms with Gasteiger partial charge in [-0.25, -0.2) is 0 Å². The van der Waals surface area contributed by atoms with Crippen molar-refractivity contribution in [2.45, 2.75) is 0 Å². The molecule has 0 aliphatic carbocycles. The normalized spacial score (nSPS) is 11.2. The molecule has 0 aliphatic heterocycles. The largest absolute Gasteiger partial charge is 0.493 e. The smallest absolute Gasteiger partial charge is 0.283 e. The van der Waals surface area contributed by atoms with Gasteiger partial charge in [0.2, 0.25) is 5.88 Å². The molecule has 0 fully saturated rings. The van der Waals surface area contributed by atoms with Crippen LogP contribution in [0.3, 0.4) is 0 Å². The van der Waals surface area contributed by atoms with Crippen LogP contribution in [-0.2, 0) is 11.8 Å². The van der Waals surface area contributed by atoms with Crippen LogP contribution >= 0.6 is 11.6 Å². The zero-order valence-corrected chi connectivity index (χ0v) is 14.6. The van der Waals surface area contributed by atoms with Crippen LogP contribution in [0.4, 0.5) is 5.69 Å². The van der Waals surface area contributed by atoms with Crippen molar-refractivity contribution in [2.24, 2.45) is 17.3 Å². The molecule has 2 amide bonds. The van der Waals surface area contributed by atoms with Gasteiger partial charge < -0.3 is 15.0 Å². The molecule has 3 rings (SSSR count). The molecule has 2 N–H and O–H groups in total. The highest BCUT2D eigenvalue weighted by Gasteiger charge is 2.14. The number of hydrogen-bond donors (Lipinski definition) is 2. The average Bonchev–Trinajstić information content (AvgIpc) is 2.89. The summed E-state index contributed by atoms with van der Waals surface area (Å²) in [6.45, 7) is -0.334. The number of carbonyl (C=O) groups excluding carboxylic acids is 2. The molecule has 3 aromatic rings. The SMILES string of the molecule is Cn1c(O)c(N=NC(=O)CNC(=O)c2ccccc2Cl)c2ccccc21. The van der Waals surface area contributed by atoms with Crippen LogP contribution in [0.1, 0.15) is 10.4 Å². The molecule has 8 heteroatoms. The third-order valence-electron chi connectivity index (χ3n) is 3.83. The Bertz CT molecular complexity index is 1030. The first-order valence-corrected chi connectivity index (χ1v) is 8.10. The van der Waals surface area contributed by atoms with Crippen molar-refractivity contribution in [3.8, 4) is 5.88 Å². The summed E-state index contributed by atoms with van der Waals surface area (Å²) in [6.07, 6.45) is 0. The molecule has 7 nitrogen and oxygen atoms in total. The maximum atomic E-state index is 12.0. The highest BCUT2D eigenvalue weighted by Crippen LogP contribution is 2.37. The quantitative estimate of drug-likeness (QED) is 0.687. The highest BCUT2D eigenvalue weighted by atomic mass is 35.5. The van der Waals surface area contributed by atoms with Crippen LogP contribution in [0.15, 0.2) is 58.8 Å². The van der Waals surface area contributed by atoms with Crippen LogP contribution in [0.25, 0.3) is 10.9 Å². The van der Waals surface area contributed by atoms with Gasteiger partial charge in [-0.1, -0.05) is 41.9 Å². The van der Waals surface area contributed by atoms with E-state index in [1.165, 1.54) is 0 Å². The van der Waals surface area contributed by atoms with Crippen LogP contribution < -0.4 is 5.32 Å². The van der Waals surface area contributed by atoms with Gasteiger partial charge in [-0.2, -0.15) is 0 Å². The number of nitrogens with zero attached hydrogens (tertiary/aromatic N) is 3. The van der Waals surface area contributed by atoms with E-state index in [1.54, 1.807) is 48.0 Å². The molecule has 1 aromatic heterocycles. The van der Waals surface area contributed by atoms with Gasteiger partial charge in [-0.05, 0) is 18.2 Å². The Labute approximate surface area is 153 Å². The van der Waals surface area contributed by atoms with E-state index in [0.29, 0.717) is 10.4 Å². The van der Waals surface area contributed by atoms with Crippen molar-refractivity contribution in [1.82, 2.24) is 9.88 Å². The Morgan fingerprint density at radius 2 is 1.85 bits per heavy atom. The minimum atomic E-state index is -0.655. The number of carbonyl (C=O) groups is 2. The first-order valence-electron chi connectivity index (χ1n) is 7.72. The number of aryl methyl sites for hydroxylation is 1. The van der Waals surface area contributed by atoms with Crippen LogP contribution in [-0.4, -0.2) is 28.0 Å². The van der Waals surface area contributed by atoms with E-state index in [0.717, 1.165) is 5.52 Å². The number of para-hydroxylation sites is 1. The Kier molecular flexibility index (Phi) is 4.99. The summed E-state index contributed by atoms with van der Waals surface area (Å²) < 4.78 is 1.55. The predicted octanol–water partition coefficient (Wildman–Crippen LogP) is 3.58. The molecule has 26 heavy (non-hydrogen) atoms. The second-order valence-corrected chi connectivity index (χ2v) is 5.91. The second kappa shape index (κ2) is 7.37. The number of fused-ring (bicyclic) bond motifs is 1. The molecule has 132 valence electrons. The maximum Gasteiger partial charge on any atom is 0.283 e. The lowest BCUT2D eigenvalue weighted by Crippen LogP contribution is -2.28. The third kappa shape index (κ3) is 3.43. The molecule has 1 heterocycles. The van der Waals surface area contributed by atoms with Crippen molar-refractivity contribution in [1.29, 1.82) is 0 Å². The Balaban J connectivity index is 1.70. The molecular formula is C18H15ClN4O3. The summed E-state index contributed by atoms with van der Waals surface area (Å²) >= 11 is 5.93. The summed E-state index contributed by atoms with van der Waals surface area (Å²) in [4.78, 5) is 23.9. The van der Waals surface area contributed by atoms with Crippen LogP contribution in [0.2, 0.25) is 5.02 Å². The van der Waals surface area contributed by atoms with Gasteiger partial charge in [0.05, 0.1) is 16.1 Å². The number of benzene rings is 2. The zero-order chi connectivity index (χ0) is 18.7. The number of amides is 2. The van der Waals surface area contributed by atoms with E-state index in [1.807, 2.05) is 12.1 Å². The monoisotopic (exact) mass is 370 g/mol. The van der Waals surface area contributed by atoms with E-state index < -0.39 is 11.8 Å². The molecule has 0 aliphatic rings. The van der Waals surface area contributed by atoms with Crippen molar-refractivity contribution in [2.75, 3.05) is 6.54 Å². The lowest BCUT2D eigenvalue weighted by atomic mass is 10.2. The fourth-order valence-corrected chi connectivity index (χ4v) is 2.72. The van der Waals surface area contributed by atoms with E-state index in [-0.39, 0.29) is 23.7 Å². The Morgan fingerprint density at radius 1 is 1.15 bits per heavy atom. The van der Waals surface area contributed by atoms with E-state index >= 15 is 0 Å². The first-order chi connectivity index (χ1) is 12.5. The summed E-state index contributed by atoms with van der Waals surface area (Å²) in [7, 11) is 1.68. The van der Waals surface area contributed by atoms with Crippen LogP contribution in [0, 0.1) is 0 Å². The van der Waals surface area contributed by atoms with Gasteiger partial charge in [-0.3, -0.25) is 9.59 Å². The van der Waals surface area contributed by atoms with Gasteiger partial charge in [0, 0.05) is 12.4 Å². The number of aromatic nitrogens is 1. The number of rotatable bonds is 4. The topological polar surface area (TPSA) is 96.0 Å². The molecule has 2 aromatic carbocycles. The number of nitrogens with one attached hydrogen (secondary N) is 1. The number of hydrogen-bond acceptors (Lipinski definition) is 4. The van der Waals surface area contributed by atoms with Crippen molar-refractivity contribution in [3.63, 3.8) is 0 Å². The standard InChI is InChI=1S/C18H15ClN4O3/c1-23-14-9-5-3-7-12(14)16(18(23)26)22-21-15(24)10-20-17(25)11-6-2-4-8-13(11)19/h2-9,26H,10H2,1H3,(H,20,25). The molecule has 0 saturated heterocycles. The van der Waals surface area contributed by atoms with Gasteiger partial charge in [-0.15, -0.1) is 10.2 Å². The molecule has 0 atom stereocenters. The van der Waals surface area contributed by atoms with Crippen molar-refractivity contribution in [3.05, 3.63) is 59.1 Å². The van der Waals surface area contributed by atoms with E-state index in [2.05, 4.69) is 15.5 Å². The molecule has 0 bridgehead atoms. The third-order valence-corrected chi connectivity index (χ3v) is 4.16.